The second-order valence-electron chi connectivity index (χ2n) is 2.79. The molecule has 0 spiro atoms. The molecule has 3 heteroatoms. The summed E-state index contributed by atoms with van der Waals surface area (Å²) >= 11 is 0. The van der Waals surface area contributed by atoms with Gasteiger partial charge in [-0.15, -0.1) is 12.3 Å². The normalized spacial score (nSPS) is 15.5. The first-order valence-electron chi connectivity index (χ1n) is 3.60. The number of hydrogen-bond donors (Lipinski definition) is 3. The van der Waals surface area contributed by atoms with Gasteiger partial charge in [0.2, 0.25) is 0 Å². The SMILES string of the molecule is C#CCCNCC(C)(O)CO. The van der Waals surface area contributed by atoms with Crippen molar-refractivity contribution in [1.29, 1.82) is 0 Å². The van der Waals surface area contributed by atoms with E-state index in [2.05, 4.69) is 11.2 Å². The van der Waals surface area contributed by atoms with Crippen molar-refractivity contribution in [2.75, 3.05) is 19.7 Å². The molecule has 0 saturated carbocycles. The largest absolute Gasteiger partial charge is 0.393 e. The molecule has 0 amide bonds. The highest BCUT2D eigenvalue weighted by molar-refractivity contribution is 4.84. The lowest BCUT2D eigenvalue weighted by atomic mass is 10.1. The Kier molecular flexibility index (Phi) is 4.88. The van der Waals surface area contributed by atoms with E-state index in [1.54, 1.807) is 6.92 Å². The Hall–Kier alpha value is -0.560. The maximum Gasteiger partial charge on any atom is 0.0972 e. The van der Waals surface area contributed by atoms with Crippen LogP contribution < -0.4 is 5.32 Å². The highest BCUT2D eigenvalue weighted by Gasteiger charge is 2.17. The molecule has 3 N–H and O–H groups in total. The zero-order chi connectivity index (χ0) is 8.74. The third-order valence-electron chi connectivity index (χ3n) is 1.29. The minimum Gasteiger partial charge on any atom is -0.393 e. The van der Waals surface area contributed by atoms with Crippen LogP contribution in [0.25, 0.3) is 0 Å². The summed E-state index contributed by atoms with van der Waals surface area (Å²) in [7, 11) is 0. The van der Waals surface area contributed by atoms with Gasteiger partial charge in [-0.3, -0.25) is 0 Å². The molecule has 3 nitrogen and oxygen atoms in total. The highest BCUT2D eigenvalue weighted by Crippen LogP contribution is 1.97. The molecule has 0 fully saturated rings. The van der Waals surface area contributed by atoms with Crippen molar-refractivity contribution in [2.45, 2.75) is 18.9 Å². The minimum absolute atomic E-state index is 0.240. The van der Waals surface area contributed by atoms with Crippen LogP contribution in [0, 0.1) is 12.3 Å². The lowest BCUT2D eigenvalue weighted by Gasteiger charge is -2.20. The van der Waals surface area contributed by atoms with Crippen LogP contribution in [0.5, 0.6) is 0 Å². The van der Waals surface area contributed by atoms with Gasteiger partial charge in [0, 0.05) is 19.5 Å². The summed E-state index contributed by atoms with van der Waals surface area (Å²) < 4.78 is 0. The third-order valence-corrected chi connectivity index (χ3v) is 1.29. The van der Waals surface area contributed by atoms with Crippen molar-refractivity contribution in [3.05, 3.63) is 0 Å². The van der Waals surface area contributed by atoms with Crippen molar-refractivity contribution in [1.82, 2.24) is 5.32 Å². The predicted octanol–water partition coefficient (Wildman–Crippen LogP) is -0.657. The molecule has 64 valence electrons. The Morgan fingerprint density at radius 3 is 2.73 bits per heavy atom. The number of hydrogen-bond acceptors (Lipinski definition) is 3. The van der Waals surface area contributed by atoms with Crippen LogP contribution in [0.3, 0.4) is 0 Å². The molecular weight excluding hydrogens is 142 g/mol. The van der Waals surface area contributed by atoms with Gasteiger partial charge in [0.15, 0.2) is 0 Å². The highest BCUT2D eigenvalue weighted by atomic mass is 16.3. The molecule has 0 radical (unpaired) electrons. The van der Waals surface area contributed by atoms with E-state index in [-0.39, 0.29) is 6.61 Å². The fourth-order valence-corrected chi connectivity index (χ4v) is 0.574. The second kappa shape index (κ2) is 5.14. The minimum atomic E-state index is -1.03. The summed E-state index contributed by atoms with van der Waals surface area (Å²) in [6, 6.07) is 0. The van der Waals surface area contributed by atoms with Gasteiger partial charge < -0.3 is 15.5 Å². The van der Waals surface area contributed by atoms with Crippen LogP contribution >= 0.6 is 0 Å². The van der Waals surface area contributed by atoms with Gasteiger partial charge in [-0.1, -0.05) is 0 Å². The average molecular weight is 157 g/mol. The maximum atomic E-state index is 9.26. The van der Waals surface area contributed by atoms with E-state index in [0.29, 0.717) is 19.5 Å². The molecule has 0 aliphatic carbocycles. The molecule has 1 unspecified atom stereocenters. The van der Waals surface area contributed by atoms with Crippen molar-refractivity contribution >= 4 is 0 Å². The molecule has 0 aromatic heterocycles. The van der Waals surface area contributed by atoms with Crippen molar-refractivity contribution in [3.63, 3.8) is 0 Å². The molecule has 0 rings (SSSR count). The van der Waals surface area contributed by atoms with Gasteiger partial charge in [-0.2, -0.15) is 0 Å². The summed E-state index contributed by atoms with van der Waals surface area (Å²) in [5, 5.41) is 20.8. The third kappa shape index (κ3) is 5.86. The first kappa shape index (κ1) is 10.4. The number of nitrogens with one attached hydrogen (secondary N) is 1. The van der Waals surface area contributed by atoms with E-state index in [1.807, 2.05) is 0 Å². The molecule has 0 bridgehead atoms. The van der Waals surface area contributed by atoms with Crippen LogP contribution in [0.4, 0.5) is 0 Å². The number of aliphatic hydroxyl groups excluding tert-OH is 1. The molecule has 0 aliphatic rings. The molecular formula is C8H15NO2. The molecule has 0 aromatic carbocycles. The van der Waals surface area contributed by atoms with Gasteiger partial charge in [0.25, 0.3) is 0 Å². The standard InChI is InChI=1S/C8H15NO2/c1-3-4-5-9-6-8(2,11)7-10/h1,9-11H,4-7H2,2H3. The lowest BCUT2D eigenvalue weighted by molar-refractivity contribution is 0.00304. The maximum absolute atomic E-state index is 9.26. The first-order valence-corrected chi connectivity index (χ1v) is 3.60. The fourth-order valence-electron chi connectivity index (χ4n) is 0.574. The number of terminal acetylenes is 1. The van der Waals surface area contributed by atoms with Gasteiger partial charge in [0.05, 0.1) is 12.2 Å². The molecule has 0 aromatic rings. The van der Waals surface area contributed by atoms with Crippen molar-refractivity contribution in [3.8, 4) is 12.3 Å². The topological polar surface area (TPSA) is 52.5 Å². The second-order valence-corrected chi connectivity index (χ2v) is 2.79. The van der Waals surface area contributed by atoms with E-state index in [9.17, 15) is 5.11 Å². The molecule has 0 aliphatic heterocycles. The summed E-state index contributed by atoms with van der Waals surface area (Å²) in [5.41, 5.74) is -1.03. The monoisotopic (exact) mass is 157 g/mol. The van der Waals surface area contributed by atoms with Gasteiger partial charge >= 0.3 is 0 Å². The van der Waals surface area contributed by atoms with Crippen LogP contribution in [-0.2, 0) is 0 Å². The molecule has 0 saturated heterocycles. The summed E-state index contributed by atoms with van der Waals surface area (Å²) in [5.74, 6) is 2.47. The number of rotatable bonds is 5. The zero-order valence-electron chi connectivity index (χ0n) is 6.80. The predicted molar refractivity (Wildman–Crippen MR) is 44.0 cm³/mol. The lowest BCUT2D eigenvalue weighted by Crippen LogP contribution is -2.41. The summed E-state index contributed by atoms with van der Waals surface area (Å²) in [6.07, 6.45) is 5.65. The van der Waals surface area contributed by atoms with E-state index >= 15 is 0 Å². The molecule has 0 heterocycles. The fraction of sp³-hybridized carbons (Fsp3) is 0.750. The first-order chi connectivity index (χ1) is 5.12. The molecule has 1 atom stereocenters. The van der Waals surface area contributed by atoms with Gasteiger partial charge in [-0.25, -0.2) is 0 Å². The van der Waals surface area contributed by atoms with Crippen LogP contribution in [-0.4, -0.2) is 35.5 Å². The molecule has 11 heavy (non-hydrogen) atoms. The van der Waals surface area contributed by atoms with E-state index in [0.717, 1.165) is 0 Å². The summed E-state index contributed by atoms with van der Waals surface area (Å²) in [6.45, 7) is 2.36. The zero-order valence-corrected chi connectivity index (χ0v) is 6.80. The Balaban J connectivity index is 3.32. The summed E-state index contributed by atoms with van der Waals surface area (Å²) in [4.78, 5) is 0. The van der Waals surface area contributed by atoms with Crippen molar-refractivity contribution in [2.24, 2.45) is 0 Å². The Morgan fingerprint density at radius 2 is 2.27 bits per heavy atom. The van der Waals surface area contributed by atoms with Crippen LogP contribution in [0.2, 0.25) is 0 Å². The Morgan fingerprint density at radius 1 is 1.64 bits per heavy atom. The van der Waals surface area contributed by atoms with Crippen LogP contribution in [0.15, 0.2) is 0 Å². The number of aliphatic hydroxyl groups is 2. The van der Waals surface area contributed by atoms with Gasteiger partial charge in [0.1, 0.15) is 0 Å². The average Bonchev–Trinajstić information content (AvgIpc) is 1.99. The van der Waals surface area contributed by atoms with E-state index < -0.39 is 5.60 Å². The smallest absolute Gasteiger partial charge is 0.0972 e. The van der Waals surface area contributed by atoms with Crippen molar-refractivity contribution < 1.29 is 10.2 Å². The van der Waals surface area contributed by atoms with E-state index in [1.165, 1.54) is 0 Å². The van der Waals surface area contributed by atoms with Gasteiger partial charge in [-0.05, 0) is 6.92 Å². The van der Waals surface area contributed by atoms with E-state index in [4.69, 9.17) is 11.5 Å². The van der Waals surface area contributed by atoms with Crippen LogP contribution in [0.1, 0.15) is 13.3 Å². The Bertz CT molecular complexity index is 138. The Labute approximate surface area is 67.4 Å². The quantitative estimate of drug-likeness (QED) is 0.367.